The van der Waals surface area contributed by atoms with E-state index in [0.717, 1.165) is 10.9 Å². The van der Waals surface area contributed by atoms with Crippen LogP contribution in [0.2, 0.25) is 0 Å². The summed E-state index contributed by atoms with van der Waals surface area (Å²) in [5.41, 5.74) is 4.84. The minimum absolute atomic E-state index is 0.00788. The Morgan fingerprint density at radius 2 is 2.38 bits per heavy atom. The van der Waals surface area contributed by atoms with Crippen LogP contribution in [0.15, 0.2) is 11.1 Å². The molecule has 0 amide bonds. The summed E-state index contributed by atoms with van der Waals surface area (Å²) >= 11 is 2.75. The second-order valence-corrected chi connectivity index (χ2v) is 5.82. The largest absolute Gasteiger partial charge is 0.394 e. The van der Waals surface area contributed by atoms with Crippen LogP contribution >= 0.6 is 15.9 Å². The van der Waals surface area contributed by atoms with E-state index >= 15 is 0 Å². The van der Waals surface area contributed by atoms with E-state index in [1.807, 2.05) is 0 Å². The van der Waals surface area contributed by atoms with Gasteiger partial charge in [-0.3, -0.25) is 14.3 Å². The maximum Gasteiger partial charge on any atom is 0.280 e. The van der Waals surface area contributed by atoms with E-state index in [-0.39, 0.29) is 17.1 Å². The molecule has 0 unspecified atom stereocenters. The Labute approximate surface area is 124 Å². The lowest BCUT2D eigenvalue weighted by molar-refractivity contribution is -0.0472. The third-order valence-corrected chi connectivity index (χ3v) is 4.12. The highest BCUT2D eigenvalue weighted by atomic mass is 79.9. The first kappa shape index (κ1) is 14.4. The van der Waals surface area contributed by atoms with Crippen LogP contribution in [0.5, 0.6) is 0 Å². The summed E-state index contributed by atoms with van der Waals surface area (Å²) < 4.78 is 18.7. The van der Waals surface area contributed by atoms with E-state index in [0.29, 0.717) is 0 Å². The number of anilines is 1. The summed E-state index contributed by atoms with van der Waals surface area (Å²) in [4.78, 5) is 21.7. The van der Waals surface area contributed by atoms with E-state index in [1.165, 1.54) is 0 Å². The molecule has 1 saturated heterocycles. The zero-order valence-corrected chi connectivity index (χ0v) is 12.0. The Hall–Kier alpha value is -1.56. The molecule has 0 spiro atoms. The van der Waals surface area contributed by atoms with Crippen LogP contribution in [0.1, 0.15) is 6.23 Å². The van der Waals surface area contributed by atoms with Crippen molar-refractivity contribution >= 4 is 33.0 Å². The molecule has 11 heteroatoms. The Balaban J connectivity index is 2.15. The third-order valence-electron chi connectivity index (χ3n) is 3.26. The summed E-state index contributed by atoms with van der Waals surface area (Å²) in [6, 6.07) is 0. The number of aromatic amines is 1. The summed E-state index contributed by atoms with van der Waals surface area (Å²) in [6.45, 7) is -0.572. The zero-order valence-electron chi connectivity index (χ0n) is 10.4. The first-order chi connectivity index (χ1) is 9.86. The maximum atomic E-state index is 14.6. The second-order valence-electron chi connectivity index (χ2n) is 4.60. The first-order valence-electron chi connectivity index (χ1n) is 5.90. The predicted octanol–water partition coefficient (Wildman–Crippen LogP) is -0.987. The van der Waals surface area contributed by atoms with Crippen LogP contribution in [0.3, 0.4) is 0 Å². The van der Waals surface area contributed by atoms with Gasteiger partial charge in [-0.05, 0) is 15.9 Å². The average Bonchev–Trinajstić information content (AvgIpc) is 2.91. The van der Waals surface area contributed by atoms with Gasteiger partial charge in [0.25, 0.3) is 5.56 Å². The molecule has 4 atom stereocenters. The summed E-state index contributed by atoms with van der Waals surface area (Å²) in [6.07, 6.45) is -2.96. The molecule has 1 aliphatic heterocycles. The number of ether oxygens (including phenoxy) is 1. The van der Waals surface area contributed by atoms with Crippen molar-refractivity contribution in [3.63, 3.8) is 0 Å². The van der Waals surface area contributed by atoms with E-state index in [9.17, 15) is 14.3 Å². The topological polar surface area (TPSA) is 139 Å². The van der Waals surface area contributed by atoms with Gasteiger partial charge in [-0.2, -0.15) is 4.98 Å². The lowest BCUT2D eigenvalue weighted by atomic mass is 10.1. The molecule has 9 nitrogen and oxygen atoms in total. The van der Waals surface area contributed by atoms with Gasteiger partial charge >= 0.3 is 0 Å². The summed E-state index contributed by atoms with van der Waals surface area (Å²) in [5, 5.41) is 18.9. The molecule has 0 aromatic carbocycles. The summed E-state index contributed by atoms with van der Waals surface area (Å²) in [7, 11) is 0. The van der Waals surface area contributed by atoms with Crippen molar-refractivity contribution < 1.29 is 19.3 Å². The fraction of sp³-hybridized carbons (Fsp3) is 0.500. The van der Waals surface area contributed by atoms with Crippen molar-refractivity contribution in [2.24, 2.45) is 0 Å². The van der Waals surface area contributed by atoms with Gasteiger partial charge in [-0.25, -0.2) is 9.37 Å². The molecule has 1 aliphatic rings. The van der Waals surface area contributed by atoms with E-state index < -0.39 is 35.2 Å². The lowest BCUT2D eigenvalue weighted by Gasteiger charge is -2.22. The van der Waals surface area contributed by atoms with Gasteiger partial charge < -0.3 is 20.7 Å². The molecule has 1 fully saturated rings. The van der Waals surface area contributed by atoms with E-state index in [4.69, 9.17) is 15.6 Å². The summed E-state index contributed by atoms with van der Waals surface area (Å²) in [5.74, 6) is -0.162. The normalized spacial score (nSPS) is 32.9. The van der Waals surface area contributed by atoms with Gasteiger partial charge in [-0.1, -0.05) is 0 Å². The average molecular weight is 364 g/mol. The number of rotatable bonds is 2. The van der Waals surface area contributed by atoms with Gasteiger partial charge in [0.2, 0.25) is 10.5 Å². The van der Waals surface area contributed by atoms with Gasteiger partial charge in [0.05, 0.1) is 12.9 Å². The highest BCUT2D eigenvalue weighted by Crippen LogP contribution is 2.46. The quantitative estimate of drug-likeness (QED) is 0.502. The van der Waals surface area contributed by atoms with Crippen molar-refractivity contribution in [1.82, 2.24) is 19.5 Å². The minimum Gasteiger partial charge on any atom is -0.394 e. The maximum absolute atomic E-state index is 14.6. The number of halogens is 2. The van der Waals surface area contributed by atoms with Crippen molar-refractivity contribution in [2.75, 3.05) is 12.3 Å². The lowest BCUT2D eigenvalue weighted by Crippen LogP contribution is -2.38. The molecule has 21 heavy (non-hydrogen) atoms. The molecule has 114 valence electrons. The predicted molar refractivity (Wildman–Crippen MR) is 72.3 cm³/mol. The number of H-pyrrole nitrogens is 1. The SMILES string of the molecule is Nc1nc2c(ncn2[C@@H]2O[C@H](CO)[C@@H](O)[C@@]2(F)Br)c(=O)[nH]1. The third kappa shape index (κ3) is 2.04. The number of nitrogens with zero attached hydrogens (tertiary/aromatic N) is 3. The molecule has 0 saturated carbocycles. The number of nitrogens with one attached hydrogen (secondary N) is 1. The second kappa shape index (κ2) is 4.73. The Morgan fingerprint density at radius 3 is 3.00 bits per heavy atom. The zero-order chi connectivity index (χ0) is 15.4. The first-order valence-corrected chi connectivity index (χ1v) is 6.70. The molecule has 5 N–H and O–H groups in total. The van der Waals surface area contributed by atoms with Crippen LogP contribution in [-0.4, -0.2) is 53.1 Å². The fourth-order valence-electron chi connectivity index (χ4n) is 2.23. The van der Waals surface area contributed by atoms with Gasteiger partial charge in [0, 0.05) is 0 Å². The number of alkyl halides is 2. The molecular formula is C10H11BrFN5O4. The number of nitrogen functional groups attached to an aromatic ring is 1. The molecule has 0 radical (unpaired) electrons. The van der Waals surface area contributed by atoms with Crippen molar-refractivity contribution in [3.05, 3.63) is 16.7 Å². The Bertz CT molecular complexity index is 747. The van der Waals surface area contributed by atoms with Crippen LogP contribution in [0.4, 0.5) is 10.3 Å². The number of hydrogen-bond donors (Lipinski definition) is 4. The van der Waals surface area contributed by atoms with E-state index in [1.54, 1.807) is 0 Å². The number of aromatic nitrogens is 4. The van der Waals surface area contributed by atoms with Crippen molar-refractivity contribution in [2.45, 2.75) is 23.0 Å². The number of fused-ring (bicyclic) bond motifs is 1. The Kier molecular flexibility index (Phi) is 3.24. The van der Waals surface area contributed by atoms with E-state index in [2.05, 4.69) is 30.9 Å². The number of aliphatic hydroxyl groups is 2. The molecule has 3 rings (SSSR count). The number of aliphatic hydroxyl groups excluding tert-OH is 2. The molecular weight excluding hydrogens is 353 g/mol. The Morgan fingerprint density at radius 1 is 1.67 bits per heavy atom. The van der Waals surface area contributed by atoms with Crippen LogP contribution in [0.25, 0.3) is 11.2 Å². The highest BCUT2D eigenvalue weighted by molar-refractivity contribution is 9.10. The molecule has 3 heterocycles. The smallest absolute Gasteiger partial charge is 0.280 e. The highest BCUT2D eigenvalue weighted by Gasteiger charge is 2.57. The van der Waals surface area contributed by atoms with Crippen LogP contribution in [-0.2, 0) is 4.74 Å². The van der Waals surface area contributed by atoms with Crippen molar-refractivity contribution in [1.29, 1.82) is 0 Å². The number of nitrogens with two attached hydrogens (primary N) is 1. The van der Waals surface area contributed by atoms with Crippen molar-refractivity contribution in [3.8, 4) is 0 Å². The standard InChI is InChI=1S/C10H11BrFN5O4/c11-10(12)5(19)3(1-18)21-8(10)17-2-14-4-6(17)15-9(13)16-7(4)20/h2-3,5,8,18-19H,1H2,(H3,13,15,16,20)/t3-,5-,8-,10+/m1/s1. The molecule has 0 aliphatic carbocycles. The fourth-order valence-corrected chi connectivity index (χ4v) is 2.86. The number of hydrogen-bond acceptors (Lipinski definition) is 7. The molecule has 2 aromatic heterocycles. The number of imidazole rings is 1. The minimum atomic E-state index is -2.38. The van der Waals surface area contributed by atoms with Crippen LogP contribution < -0.4 is 11.3 Å². The van der Waals surface area contributed by atoms with Gasteiger partial charge in [0.15, 0.2) is 17.4 Å². The molecule has 2 aromatic rings. The monoisotopic (exact) mass is 363 g/mol. The van der Waals surface area contributed by atoms with Gasteiger partial charge in [-0.15, -0.1) is 0 Å². The molecule has 0 bridgehead atoms. The van der Waals surface area contributed by atoms with Gasteiger partial charge in [0.1, 0.15) is 12.2 Å². The van der Waals surface area contributed by atoms with Crippen LogP contribution in [0, 0.1) is 0 Å².